The molecule has 1 unspecified atom stereocenters. The van der Waals surface area contributed by atoms with Gasteiger partial charge in [-0.15, -0.1) is 0 Å². The van der Waals surface area contributed by atoms with E-state index in [1.165, 1.54) is 13.2 Å². The van der Waals surface area contributed by atoms with Crippen LogP contribution in [0.1, 0.15) is 57.9 Å². The monoisotopic (exact) mass is 508 g/mol. The topological polar surface area (TPSA) is 99.1 Å². The molecule has 5 rings (SSSR count). The summed E-state index contributed by atoms with van der Waals surface area (Å²) in [6.07, 6.45) is 3.90. The molecule has 1 aromatic carbocycles. The highest BCUT2D eigenvalue weighted by Crippen LogP contribution is 2.63. The number of hydrogen-bond acceptors (Lipinski definition) is 7. The molecule has 198 valence electrons. The zero-order valence-corrected chi connectivity index (χ0v) is 22.2. The lowest BCUT2D eigenvalue weighted by Gasteiger charge is -2.54. The number of ether oxygens (including phenoxy) is 3. The molecule has 7 nitrogen and oxygen atoms in total. The van der Waals surface area contributed by atoms with E-state index in [1.807, 2.05) is 38.1 Å². The van der Waals surface area contributed by atoms with E-state index in [1.54, 1.807) is 13.2 Å². The number of esters is 2. The molecule has 2 fully saturated rings. The highest BCUT2D eigenvalue weighted by molar-refractivity contribution is 6.00. The Kier molecular flexibility index (Phi) is 6.34. The number of aliphatic hydroxyl groups is 1. The van der Waals surface area contributed by atoms with Gasteiger partial charge in [-0.05, 0) is 74.3 Å². The first-order valence-corrected chi connectivity index (χ1v) is 13.1. The van der Waals surface area contributed by atoms with E-state index in [-0.39, 0.29) is 47.8 Å². The minimum atomic E-state index is -0.954. The van der Waals surface area contributed by atoms with Crippen molar-refractivity contribution in [1.82, 2.24) is 0 Å². The summed E-state index contributed by atoms with van der Waals surface area (Å²) in [6, 6.07) is 7.91. The van der Waals surface area contributed by atoms with Gasteiger partial charge in [0.1, 0.15) is 11.9 Å². The van der Waals surface area contributed by atoms with E-state index < -0.39 is 23.0 Å². The van der Waals surface area contributed by atoms with Gasteiger partial charge in [-0.3, -0.25) is 14.4 Å². The number of methoxy groups -OCH3 is 2. The molecular formula is C30H36O7. The Balaban J connectivity index is 1.51. The van der Waals surface area contributed by atoms with E-state index >= 15 is 0 Å². The fraction of sp³-hybridized carbons (Fsp3) is 0.567. The Bertz CT molecular complexity index is 1180. The largest absolute Gasteiger partial charge is 0.497 e. The van der Waals surface area contributed by atoms with Crippen molar-refractivity contribution in [2.75, 3.05) is 14.2 Å². The molecule has 37 heavy (non-hydrogen) atoms. The molecule has 7 heteroatoms. The lowest BCUT2D eigenvalue weighted by atomic mass is 9.46. The number of aliphatic hydroxyl groups excluding tert-OH is 1. The molecular weight excluding hydrogens is 472 g/mol. The number of allylic oxidation sites excluding steroid dienone is 2. The maximum Gasteiger partial charge on any atom is 0.316 e. The smallest absolute Gasteiger partial charge is 0.316 e. The molecule has 0 radical (unpaired) electrons. The maximum absolute atomic E-state index is 13.5. The van der Waals surface area contributed by atoms with E-state index in [9.17, 15) is 19.5 Å². The molecule has 4 aliphatic rings. The lowest BCUT2D eigenvalue weighted by molar-refractivity contribution is -0.156. The van der Waals surface area contributed by atoms with Crippen molar-refractivity contribution < 1.29 is 33.7 Å². The Morgan fingerprint density at radius 1 is 1.14 bits per heavy atom. The molecule has 1 saturated carbocycles. The zero-order valence-electron chi connectivity index (χ0n) is 22.2. The van der Waals surface area contributed by atoms with Crippen molar-refractivity contribution in [3.05, 3.63) is 53.1 Å². The summed E-state index contributed by atoms with van der Waals surface area (Å²) in [5.74, 6) is -0.733. The van der Waals surface area contributed by atoms with Crippen LogP contribution in [0, 0.1) is 28.6 Å². The summed E-state index contributed by atoms with van der Waals surface area (Å²) in [5.41, 5.74) is 1.33. The highest BCUT2D eigenvalue weighted by atomic mass is 16.6. The fourth-order valence-electron chi connectivity index (χ4n) is 7.86. The van der Waals surface area contributed by atoms with Gasteiger partial charge < -0.3 is 19.3 Å². The summed E-state index contributed by atoms with van der Waals surface area (Å²) in [5, 5.41) is 11.2. The van der Waals surface area contributed by atoms with Crippen molar-refractivity contribution in [3.8, 4) is 5.75 Å². The minimum Gasteiger partial charge on any atom is -0.497 e. The summed E-state index contributed by atoms with van der Waals surface area (Å²) in [4.78, 5) is 39.1. The van der Waals surface area contributed by atoms with Crippen molar-refractivity contribution in [3.63, 3.8) is 0 Å². The molecule has 1 aromatic rings. The van der Waals surface area contributed by atoms with Crippen LogP contribution in [0.4, 0.5) is 0 Å². The maximum atomic E-state index is 13.5. The van der Waals surface area contributed by atoms with Crippen molar-refractivity contribution in [2.45, 2.75) is 64.6 Å². The zero-order chi connectivity index (χ0) is 26.7. The Morgan fingerprint density at radius 3 is 2.49 bits per heavy atom. The predicted molar refractivity (Wildman–Crippen MR) is 136 cm³/mol. The normalized spacial score (nSPS) is 38.4. The number of carbonyl (C=O) groups excluding carboxylic acids is 3. The number of ketones is 1. The Labute approximate surface area is 217 Å². The number of benzene rings is 1. The summed E-state index contributed by atoms with van der Waals surface area (Å²) in [7, 11) is 2.99. The van der Waals surface area contributed by atoms with Gasteiger partial charge in [0.05, 0.1) is 25.7 Å². The molecule has 1 heterocycles. The molecule has 0 aromatic heterocycles. The summed E-state index contributed by atoms with van der Waals surface area (Å²) < 4.78 is 16.2. The summed E-state index contributed by atoms with van der Waals surface area (Å²) >= 11 is 0. The van der Waals surface area contributed by atoms with Crippen LogP contribution in [0.25, 0.3) is 0 Å². The van der Waals surface area contributed by atoms with Gasteiger partial charge in [-0.2, -0.15) is 0 Å². The van der Waals surface area contributed by atoms with Crippen LogP contribution >= 0.6 is 0 Å². The third-order valence-electron chi connectivity index (χ3n) is 9.85. The van der Waals surface area contributed by atoms with Crippen molar-refractivity contribution in [2.24, 2.45) is 28.6 Å². The molecule has 0 bridgehead atoms. The summed E-state index contributed by atoms with van der Waals surface area (Å²) in [6.45, 7) is 5.79. The van der Waals surface area contributed by atoms with Gasteiger partial charge in [0, 0.05) is 23.7 Å². The van der Waals surface area contributed by atoms with Gasteiger partial charge >= 0.3 is 11.9 Å². The molecule has 8 atom stereocenters. The first-order valence-electron chi connectivity index (χ1n) is 13.1. The second-order valence-electron chi connectivity index (χ2n) is 11.6. The average Bonchev–Trinajstić information content (AvgIpc) is 3.31. The molecule has 1 saturated heterocycles. The van der Waals surface area contributed by atoms with E-state index in [2.05, 4.69) is 6.92 Å². The fourth-order valence-corrected chi connectivity index (χ4v) is 7.86. The SMILES string of the molecule is COC(=O)CC1[C@H](CC2=C(C)[C@H](c3ccc(OC)cc3)C[C@@H]2O)C[C@@H]2OC(=O)[C@]3(C)C=CC(=O)[C@@]1(C)[C@@H]23. The van der Waals surface area contributed by atoms with Gasteiger partial charge in [-0.25, -0.2) is 0 Å². The lowest BCUT2D eigenvalue weighted by Crippen LogP contribution is -2.58. The Hall–Kier alpha value is -2.93. The Morgan fingerprint density at radius 2 is 1.84 bits per heavy atom. The van der Waals surface area contributed by atoms with Crippen LogP contribution < -0.4 is 4.74 Å². The molecule has 0 amide bonds. The first-order chi connectivity index (χ1) is 17.5. The highest BCUT2D eigenvalue weighted by Gasteiger charge is 2.69. The van der Waals surface area contributed by atoms with Gasteiger partial charge in [0.25, 0.3) is 0 Å². The third kappa shape index (κ3) is 3.85. The van der Waals surface area contributed by atoms with Crippen LogP contribution in [0.5, 0.6) is 5.75 Å². The molecule has 1 N–H and O–H groups in total. The van der Waals surface area contributed by atoms with Gasteiger partial charge in [0.2, 0.25) is 0 Å². The van der Waals surface area contributed by atoms with Crippen molar-refractivity contribution >= 4 is 17.7 Å². The van der Waals surface area contributed by atoms with Crippen LogP contribution in [-0.2, 0) is 23.9 Å². The van der Waals surface area contributed by atoms with Gasteiger partial charge in [0.15, 0.2) is 5.78 Å². The third-order valence-corrected chi connectivity index (χ3v) is 9.85. The second-order valence-corrected chi connectivity index (χ2v) is 11.6. The molecule has 0 spiro atoms. The van der Waals surface area contributed by atoms with E-state index in [0.29, 0.717) is 19.3 Å². The van der Waals surface area contributed by atoms with Gasteiger partial charge in [-0.1, -0.05) is 30.7 Å². The number of hydrogen-bond donors (Lipinski definition) is 1. The predicted octanol–water partition coefficient (Wildman–Crippen LogP) is 4.14. The van der Waals surface area contributed by atoms with Crippen LogP contribution in [0.3, 0.4) is 0 Å². The van der Waals surface area contributed by atoms with Crippen molar-refractivity contribution in [1.29, 1.82) is 0 Å². The molecule has 1 aliphatic heterocycles. The van der Waals surface area contributed by atoms with E-state index in [4.69, 9.17) is 14.2 Å². The average molecular weight is 509 g/mol. The number of rotatable bonds is 6. The first kappa shape index (κ1) is 25.7. The quantitative estimate of drug-likeness (QED) is 0.455. The van der Waals surface area contributed by atoms with Crippen LogP contribution in [-0.4, -0.2) is 49.3 Å². The molecule has 3 aliphatic carbocycles. The van der Waals surface area contributed by atoms with Crippen LogP contribution in [0.15, 0.2) is 47.6 Å². The van der Waals surface area contributed by atoms with E-state index in [0.717, 1.165) is 22.5 Å². The minimum absolute atomic E-state index is 0.0775. The van der Waals surface area contributed by atoms with Crippen LogP contribution in [0.2, 0.25) is 0 Å². The standard InChI is InChI=1S/C30H36O7/c1-16-20(17-6-8-19(35-4)9-7-17)14-23(31)21(16)12-18-13-24-27-29(2,28(34)37-24)11-10-25(32)30(27,3)22(18)15-26(33)36-5/h6-11,18,20,22-24,27,31H,12-15H2,1-5H3/t18-,20-,22?,23+,24+,27+,29-,30+/m1/s1. The second kappa shape index (κ2) is 9.12. The number of carbonyl (C=O) groups is 3.